The minimum atomic E-state index is 0.492. The van der Waals surface area contributed by atoms with Gasteiger partial charge in [0, 0.05) is 6.54 Å². The van der Waals surface area contributed by atoms with Crippen molar-refractivity contribution in [3.63, 3.8) is 0 Å². The van der Waals surface area contributed by atoms with Crippen LogP contribution in [0.25, 0.3) is 0 Å². The minimum Gasteiger partial charge on any atom is -0.493 e. The first kappa shape index (κ1) is 15.3. The molecule has 4 heteroatoms. The average molecular weight is 316 g/mol. The molecule has 0 bridgehead atoms. The van der Waals surface area contributed by atoms with E-state index in [0.29, 0.717) is 6.54 Å². The third-order valence-electron chi connectivity index (χ3n) is 2.77. The third-order valence-corrected chi connectivity index (χ3v) is 3.36. The van der Waals surface area contributed by atoms with E-state index in [2.05, 4.69) is 22.9 Å². The lowest BCUT2D eigenvalue weighted by Gasteiger charge is -2.14. The van der Waals surface area contributed by atoms with Crippen molar-refractivity contribution in [2.75, 3.05) is 13.7 Å². The summed E-state index contributed by atoms with van der Waals surface area (Å²) in [5.41, 5.74) is 6.66. The number of hydrogen-bond donors (Lipinski definition) is 1. The van der Waals surface area contributed by atoms with Crippen molar-refractivity contribution in [2.45, 2.75) is 39.2 Å². The zero-order valence-corrected chi connectivity index (χ0v) is 12.8. The Hall–Kier alpha value is -0.740. The molecule has 1 aromatic carbocycles. The topological polar surface area (TPSA) is 44.5 Å². The summed E-state index contributed by atoms with van der Waals surface area (Å²) < 4.78 is 12.0. The van der Waals surface area contributed by atoms with E-state index in [1.807, 2.05) is 12.1 Å². The van der Waals surface area contributed by atoms with Crippen LogP contribution in [0, 0.1) is 0 Å². The number of benzene rings is 1. The highest BCUT2D eigenvalue weighted by Crippen LogP contribution is 2.36. The quantitative estimate of drug-likeness (QED) is 0.740. The molecule has 0 saturated heterocycles. The molecule has 1 rings (SSSR count). The highest BCUT2D eigenvalue weighted by Gasteiger charge is 2.10. The fraction of sp³-hybridized carbons (Fsp3) is 0.571. The van der Waals surface area contributed by atoms with Crippen LogP contribution in [0.15, 0.2) is 16.6 Å². The Bertz CT molecular complexity index is 369. The molecule has 0 amide bonds. The maximum Gasteiger partial charge on any atom is 0.175 e. The molecule has 0 aliphatic heterocycles. The molecular weight excluding hydrogens is 294 g/mol. The Morgan fingerprint density at radius 2 is 2.00 bits per heavy atom. The van der Waals surface area contributed by atoms with Gasteiger partial charge in [-0.25, -0.2) is 0 Å². The molecule has 0 aromatic heterocycles. The van der Waals surface area contributed by atoms with Crippen LogP contribution in [0.4, 0.5) is 0 Å². The summed E-state index contributed by atoms with van der Waals surface area (Å²) in [6.45, 7) is 3.41. The molecule has 0 fully saturated rings. The van der Waals surface area contributed by atoms with Crippen molar-refractivity contribution in [3.05, 3.63) is 22.2 Å². The predicted octanol–water partition coefficient (Wildman–Crippen LogP) is 3.88. The smallest absolute Gasteiger partial charge is 0.175 e. The van der Waals surface area contributed by atoms with Gasteiger partial charge in [-0.05, 0) is 40.0 Å². The number of hydrogen-bond acceptors (Lipinski definition) is 3. The van der Waals surface area contributed by atoms with E-state index in [1.165, 1.54) is 19.3 Å². The summed E-state index contributed by atoms with van der Waals surface area (Å²) in [6.07, 6.45) is 4.77. The van der Waals surface area contributed by atoms with Crippen LogP contribution in [0.1, 0.15) is 38.2 Å². The van der Waals surface area contributed by atoms with E-state index in [-0.39, 0.29) is 0 Å². The van der Waals surface area contributed by atoms with Gasteiger partial charge in [0.1, 0.15) is 0 Å². The molecule has 0 aliphatic rings. The first-order chi connectivity index (χ1) is 8.72. The van der Waals surface area contributed by atoms with E-state index < -0.39 is 0 Å². The molecule has 0 saturated carbocycles. The van der Waals surface area contributed by atoms with Crippen LogP contribution in [-0.2, 0) is 6.54 Å². The zero-order chi connectivity index (χ0) is 13.4. The van der Waals surface area contributed by atoms with Crippen molar-refractivity contribution in [3.8, 4) is 11.5 Å². The summed E-state index contributed by atoms with van der Waals surface area (Å²) in [5, 5.41) is 0. The van der Waals surface area contributed by atoms with Crippen molar-refractivity contribution in [2.24, 2.45) is 5.73 Å². The van der Waals surface area contributed by atoms with E-state index in [9.17, 15) is 0 Å². The molecular formula is C14H22BrNO2. The van der Waals surface area contributed by atoms with Gasteiger partial charge in [0.15, 0.2) is 11.5 Å². The highest BCUT2D eigenvalue weighted by molar-refractivity contribution is 9.10. The second kappa shape index (κ2) is 8.38. The molecule has 102 valence electrons. The highest BCUT2D eigenvalue weighted by atomic mass is 79.9. The lowest BCUT2D eigenvalue weighted by molar-refractivity contribution is 0.283. The molecule has 3 nitrogen and oxygen atoms in total. The monoisotopic (exact) mass is 315 g/mol. The Labute approximate surface area is 118 Å². The van der Waals surface area contributed by atoms with Crippen LogP contribution < -0.4 is 15.2 Å². The van der Waals surface area contributed by atoms with E-state index in [4.69, 9.17) is 15.2 Å². The first-order valence-corrected chi connectivity index (χ1v) is 7.21. The lowest BCUT2D eigenvalue weighted by atomic mass is 10.2. The fourth-order valence-corrected chi connectivity index (χ4v) is 2.34. The van der Waals surface area contributed by atoms with Crippen LogP contribution >= 0.6 is 15.9 Å². The summed E-state index contributed by atoms with van der Waals surface area (Å²) in [6, 6.07) is 3.90. The van der Waals surface area contributed by atoms with E-state index in [1.54, 1.807) is 7.11 Å². The van der Waals surface area contributed by atoms with Gasteiger partial charge in [0.05, 0.1) is 18.2 Å². The predicted molar refractivity (Wildman–Crippen MR) is 78.2 cm³/mol. The lowest BCUT2D eigenvalue weighted by Crippen LogP contribution is -2.02. The minimum absolute atomic E-state index is 0.492. The Kier molecular flexibility index (Phi) is 7.13. The molecule has 0 heterocycles. The van der Waals surface area contributed by atoms with Crippen molar-refractivity contribution < 1.29 is 9.47 Å². The SMILES string of the molecule is CCCCCCOc1c(Br)cc(CN)cc1OC. The average Bonchev–Trinajstić information content (AvgIpc) is 2.39. The van der Waals surface area contributed by atoms with Crippen molar-refractivity contribution in [1.82, 2.24) is 0 Å². The van der Waals surface area contributed by atoms with Gasteiger partial charge in [-0.2, -0.15) is 0 Å². The van der Waals surface area contributed by atoms with Gasteiger partial charge in [-0.15, -0.1) is 0 Å². The zero-order valence-electron chi connectivity index (χ0n) is 11.2. The van der Waals surface area contributed by atoms with Crippen LogP contribution in [0.3, 0.4) is 0 Å². The second-order valence-electron chi connectivity index (χ2n) is 4.22. The summed E-state index contributed by atoms with van der Waals surface area (Å²) in [7, 11) is 1.64. The van der Waals surface area contributed by atoms with Gasteiger partial charge >= 0.3 is 0 Å². The molecule has 0 radical (unpaired) electrons. The second-order valence-corrected chi connectivity index (χ2v) is 5.08. The molecule has 0 spiro atoms. The first-order valence-electron chi connectivity index (χ1n) is 6.42. The van der Waals surface area contributed by atoms with Crippen LogP contribution in [0.2, 0.25) is 0 Å². The van der Waals surface area contributed by atoms with Gasteiger partial charge in [0.25, 0.3) is 0 Å². The number of unbranched alkanes of at least 4 members (excludes halogenated alkanes) is 3. The Morgan fingerprint density at radius 1 is 1.22 bits per heavy atom. The van der Waals surface area contributed by atoms with Gasteiger partial charge in [-0.3, -0.25) is 0 Å². The maximum atomic E-state index is 5.79. The summed E-state index contributed by atoms with van der Waals surface area (Å²) >= 11 is 3.50. The number of rotatable bonds is 8. The van der Waals surface area contributed by atoms with E-state index >= 15 is 0 Å². The van der Waals surface area contributed by atoms with Crippen LogP contribution in [-0.4, -0.2) is 13.7 Å². The van der Waals surface area contributed by atoms with Crippen molar-refractivity contribution >= 4 is 15.9 Å². The van der Waals surface area contributed by atoms with Gasteiger partial charge in [0.2, 0.25) is 0 Å². The molecule has 0 atom stereocenters. The molecule has 1 aromatic rings. The molecule has 0 aliphatic carbocycles. The van der Waals surface area contributed by atoms with E-state index in [0.717, 1.165) is 34.6 Å². The van der Waals surface area contributed by atoms with Crippen LogP contribution in [0.5, 0.6) is 11.5 Å². The fourth-order valence-electron chi connectivity index (χ4n) is 1.73. The Morgan fingerprint density at radius 3 is 2.61 bits per heavy atom. The molecule has 2 N–H and O–H groups in total. The third kappa shape index (κ3) is 4.50. The molecule has 18 heavy (non-hydrogen) atoms. The summed E-state index contributed by atoms with van der Waals surface area (Å²) in [4.78, 5) is 0. The number of halogens is 1. The molecule has 0 unspecified atom stereocenters. The van der Waals surface area contributed by atoms with Gasteiger partial charge in [-0.1, -0.05) is 26.2 Å². The number of methoxy groups -OCH3 is 1. The Balaban J connectivity index is 2.63. The number of nitrogens with two attached hydrogens (primary N) is 1. The van der Waals surface area contributed by atoms with Crippen molar-refractivity contribution in [1.29, 1.82) is 0 Å². The normalized spacial score (nSPS) is 10.4. The van der Waals surface area contributed by atoms with Gasteiger partial charge < -0.3 is 15.2 Å². The largest absolute Gasteiger partial charge is 0.493 e. The summed E-state index contributed by atoms with van der Waals surface area (Å²) in [5.74, 6) is 1.51. The maximum absolute atomic E-state index is 5.79. The standard InChI is InChI=1S/C14H22BrNO2/c1-3-4-5-6-7-18-14-12(15)8-11(10-16)9-13(14)17-2/h8-9H,3-7,10,16H2,1-2H3. The number of ether oxygens (including phenoxy) is 2.